The summed E-state index contributed by atoms with van der Waals surface area (Å²) in [6.07, 6.45) is 2.23. The van der Waals surface area contributed by atoms with Crippen LogP contribution >= 0.6 is 0 Å². The predicted molar refractivity (Wildman–Crippen MR) is 76.4 cm³/mol. The molecule has 0 radical (unpaired) electrons. The zero-order chi connectivity index (χ0) is 13.9. The van der Waals surface area contributed by atoms with Gasteiger partial charge in [0, 0.05) is 18.4 Å². The molecule has 3 rings (SSSR count). The molecule has 0 saturated carbocycles. The van der Waals surface area contributed by atoms with Crippen molar-refractivity contribution in [2.24, 2.45) is 0 Å². The fraction of sp³-hybridized carbons (Fsp3) is 0.235. The summed E-state index contributed by atoms with van der Waals surface area (Å²) >= 11 is 0. The van der Waals surface area contributed by atoms with Crippen LogP contribution in [0.1, 0.15) is 27.9 Å². The van der Waals surface area contributed by atoms with Gasteiger partial charge >= 0.3 is 0 Å². The van der Waals surface area contributed by atoms with Crippen LogP contribution < -0.4 is 4.74 Å². The highest BCUT2D eigenvalue weighted by Crippen LogP contribution is 2.26. The highest BCUT2D eigenvalue weighted by molar-refractivity contribution is 6.00. The Morgan fingerprint density at radius 1 is 1.05 bits per heavy atom. The van der Waals surface area contributed by atoms with Gasteiger partial charge in [-0.15, -0.1) is 0 Å². The number of aryl methyl sites for hydroxylation is 1. The molecule has 0 aromatic heterocycles. The molecule has 0 spiro atoms. The molecule has 0 amide bonds. The second kappa shape index (κ2) is 5.37. The first-order valence-corrected chi connectivity index (χ1v) is 6.79. The van der Waals surface area contributed by atoms with Crippen LogP contribution in [0.5, 0.6) is 11.5 Å². The lowest BCUT2D eigenvalue weighted by Crippen LogP contribution is -2.02. The monoisotopic (exact) mass is 268 g/mol. The van der Waals surface area contributed by atoms with Crippen LogP contribution in [0.2, 0.25) is 0 Å². The van der Waals surface area contributed by atoms with E-state index in [4.69, 9.17) is 4.74 Å². The number of benzene rings is 2. The number of rotatable bonds is 4. The quantitative estimate of drug-likeness (QED) is 0.926. The summed E-state index contributed by atoms with van der Waals surface area (Å²) in [7, 11) is 0. The van der Waals surface area contributed by atoms with Crippen molar-refractivity contribution in [3.8, 4) is 11.5 Å². The smallest absolute Gasteiger partial charge is 0.163 e. The highest BCUT2D eigenvalue weighted by Gasteiger charge is 2.19. The van der Waals surface area contributed by atoms with Gasteiger partial charge in [0.05, 0.1) is 6.61 Å². The molecule has 3 nitrogen and oxygen atoms in total. The van der Waals surface area contributed by atoms with E-state index in [2.05, 4.69) is 0 Å². The van der Waals surface area contributed by atoms with E-state index >= 15 is 0 Å². The zero-order valence-electron chi connectivity index (χ0n) is 11.1. The van der Waals surface area contributed by atoms with Gasteiger partial charge in [-0.2, -0.15) is 0 Å². The second-order valence-corrected chi connectivity index (χ2v) is 5.01. The number of hydrogen-bond donors (Lipinski definition) is 1. The number of carbonyl (C=O) groups excluding carboxylic acids is 1. The maximum Gasteiger partial charge on any atom is 0.163 e. The first-order chi connectivity index (χ1) is 9.72. The topological polar surface area (TPSA) is 46.5 Å². The van der Waals surface area contributed by atoms with Gasteiger partial charge < -0.3 is 9.84 Å². The minimum absolute atomic E-state index is 0.232. The van der Waals surface area contributed by atoms with E-state index in [0.29, 0.717) is 13.0 Å². The summed E-state index contributed by atoms with van der Waals surface area (Å²) in [6.45, 7) is 0.581. The summed E-state index contributed by atoms with van der Waals surface area (Å²) in [5.74, 6) is 1.32. The van der Waals surface area contributed by atoms with Crippen LogP contribution in [0.25, 0.3) is 0 Å². The Kier molecular flexibility index (Phi) is 3.42. The van der Waals surface area contributed by atoms with Crippen molar-refractivity contribution in [2.75, 3.05) is 6.61 Å². The van der Waals surface area contributed by atoms with Gasteiger partial charge in [-0.25, -0.2) is 0 Å². The molecule has 0 unspecified atom stereocenters. The summed E-state index contributed by atoms with van der Waals surface area (Å²) < 4.78 is 5.73. The number of Topliss-reactive ketones (excluding diaryl/α,β-unsaturated/α-hetero) is 1. The van der Waals surface area contributed by atoms with Gasteiger partial charge in [0.2, 0.25) is 0 Å². The van der Waals surface area contributed by atoms with Crippen molar-refractivity contribution in [2.45, 2.75) is 19.3 Å². The first kappa shape index (κ1) is 12.7. The molecular formula is C17H16O3. The molecule has 1 aliphatic carbocycles. The lowest BCUT2D eigenvalue weighted by atomic mass is 10.1. The molecule has 2 aromatic carbocycles. The minimum atomic E-state index is 0.232. The van der Waals surface area contributed by atoms with Crippen LogP contribution in [0.3, 0.4) is 0 Å². The molecule has 20 heavy (non-hydrogen) atoms. The van der Waals surface area contributed by atoms with E-state index < -0.39 is 0 Å². The summed E-state index contributed by atoms with van der Waals surface area (Å²) in [5.41, 5.74) is 3.06. The Morgan fingerprint density at radius 2 is 1.85 bits per heavy atom. The minimum Gasteiger partial charge on any atom is -0.508 e. The number of hydrogen-bond acceptors (Lipinski definition) is 3. The molecule has 3 heteroatoms. The lowest BCUT2D eigenvalue weighted by molar-refractivity contribution is 0.0994. The van der Waals surface area contributed by atoms with Crippen molar-refractivity contribution in [1.82, 2.24) is 0 Å². The molecule has 1 N–H and O–H groups in total. The van der Waals surface area contributed by atoms with Crippen molar-refractivity contribution in [3.63, 3.8) is 0 Å². The Morgan fingerprint density at radius 3 is 2.65 bits per heavy atom. The third kappa shape index (κ3) is 2.67. The van der Waals surface area contributed by atoms with E-state index in [1.54, 1.807) is 12.1 Å². The van der Waals surface area contributed by atoms with Crippen LogP contribution in [0.15, 0.2) is 42.5 Å². The number of ether oxygens (including phenoxy) is 1. The zero-order valence-corrected chi connectivity index (χ0v) is 11.1. The average Bonchev–Trinajstić information content (AvgIpc) is 2.82. The fourth-order valence-electron chi connectivity index (χ4n) is 2.47. The molecule has 102 valence electrons. The van der Waals surface area contributed by atoms with E-state index in [0.717, 1.165) is 35.3 Å². The van der Waals surface area contributed by atoms with Crippen LogP contribution in [-0.2, 0) is 12.8 Å². The molecule has 2 aromatic rings. The summed E-state index contributed by atoms with van der Waals surface area (Å²) in [5, 5.41) is 9.21. The molecule has 0 saturated heterocycles. The van der Waals surface area contributed by atoms with Crippen molar-refractivity contribution in [1.29, 1.82) is 0 Å². The third-order valence-electron chi connectivity index (χ3n) is 3.59. The molecule has 0 fully saturated rings. The van der Waals surface area contributed by atoms with Crippen molar-refractivity contribution < 1.29 is 14.6 Å². The van der Waals surface area contributed by atoms with E-state index in [1.807, 2.05) is 30.3 Å². The molecule has 0 atom stereocenters. The van der Waals surface area contributed by atoms with Gasteiger partial charge in [0.1, 0.15) is 11.5 Å². The van der Waals surface area contributed by atoms with E-state index in [1.165, 1.54) is 0 Å². The number of ketones is 1. The van der Waals surface area contributed by atoms with Crippen LogP contribution in [0.4, 0.5) is 0 Å². The van der Waals surface area contributed by atoms with Gasteiger partial charge in [0.25, 0.3) is 0 Å². The SMILES string of the molecule is O=C1CCc2cc(OCCc3ccc(O)cc3)ccc21. The fourth-order valence-corrected chi connectivity index (χ4v) is 2.47. The van der Waals surface area contributed by atoms with Gasteiger partial charge in [-0.3, -0.25) is 4.79 Å². The highest BCUT2D eigenvalue weighted by atomic mass is 16.5. The van der Waals surface area contributed by atoms with Crippen LogP contribution in [-0.4, -0.2) is 17.5 Å². The Labute approximate surface area is 117 Å². The summed E-state index contributed by atoms with van der Waals surface area (Å²) in [6, 6.07) is 12.8. The van der Waals surface area contributed by atoms with Crippen molar-refractivity contribution in [3.05, 3.63) is 59.2 Å². The molecular weight excluding hydrogens is 252 g/mol. The van der Waals surface area contributed by atoms with Gasteiger partial charge in [0.15, 0.2) is 5.78 Å². The number of fused-ring (bicyclic) bond motifs is 1. The van der Waals surface area contributed by atoms with Gasteiger partial charge in [-0.1, -0.05) is 12.1 Å². The van der Waals surface area contributed by atoms with E-state index in [9.17, 15) is 9.90 Å². The maximum absolute atomic E-state index is 11.5. The van der Waals surface area contributed by atoms with Crippen molar-refractivity contribution >= 4 is 5.78 Å². The number of carbonyl (C=O) groups is 1. The normalized spacial score (nSPS) is 13.3. The van der Waals surface area contributed by atoms with Crippen LogP contribution in [0, 0.1) is 0 Å². The first-order valence-electron chi connectivity index (χ1n) is 6.79. The molecule has 0 heterocycles. The van der Waals surface area contributed by atoms with Gasteiger partial charge in [-0.05, 0) is 47.9 Å². The third-order valence-corrected chi connectivity index (χ3v) is 3.59. The largest absolute Gasteiger partial charge is 0.508 e. The van der Waals surface area contributed by atoms with E-state index in [-0.39, 0.29) is 11.5 Å². The Hall–Kier alpha value is -2.29. The lowest BCUT2D eigenvalue weighted by Gasteiger charge is -2.08. The Balaban J connectivity index is 1.59. The molecule has 0 aliphatic heterocycles. The Bertz CT molecular complexity index is 629. The standard InChI is InChI=1S/C17H16O3/c18-14-4-1-12(2-5-14)9-10-20-15-6-7-16-13(11-15)3-8-17(16)19/h1-2,4-7,11,18H,3,8-10H2. The number of phenols is 1. The molecule has 0 bridgehead atoms. The molecule has 1 aliphatic rings. The second-order valence-electron chi connectivity index (χ2n) is 5.01. The predicted octanol–water partition coefficient (Wildman–Crippen LogP) is 3.14. The number of aromatic hydroxyl groups is 1. The summed E-state index contributed by atoms with van der Waals surface area (Å²) in [4.78, 5) is 11.5. The average molecular weight is 268 g/mol. The number of phenolic OH excluding ortho intramolecular Hbond substituents is 1. The maximum atomic E-state index is 11.5.